The van der Waals surface area contributed by atoms with Crippen LogP contribution in [-0.4, -0.2) is 56.3 Å². The van der Waals surface area contributed by atoms with Crippen LogP contribution in [0.3, 0.4) is 0 Å². The van der Waals surface area contributed by atoms with E-state index in [4.69, 9.17) is 14.2 Å². The van der Waals surface area contributed by atoms with Crippen molar-refractivity contribution in [3.8, 4) is 17.2 Å². The molecule has 7 aliphatic rings. The number of hydrogen-bond acceptors (Lipinski definition) is 6. The number of hydrogen-bond donors (Lipinski definition) is 1. The van der Waals surface area contributed by atoms with E-state index in [0.29, 0.717) is 12.6 Å². The normalized spacial score (nSPS) is 33.3. The number of nitrogens with zero attached hydrogens (tertiary/aromatic N) is 1. The summed E-state index contributed by atoms with van der Waals surface area (Å²) in [4.78, 5) is 2.86. The molecule has 5 fully saturated rings. The summed E-state index contributed by atoms with van der Waals surface area (Å²) in [6.45, 7) is 2.78. The molecule has 0 aromatic heterocycles. The molecule has 248 valence electrons. The lowest BCUT2D eigenvalue weighted by Crippen LogP contribution is -2.80. The molecule has 4 bridgehead atoms. The number of alkyl halides is 3. The Morgan fingerprint density at radius 1 is 1.00 bits per heavy atom. The monoisotopic (exact) mass is 646 g/mol. The fourth-order valence-corrected chi connectivity index (χ4v) is 10.8. The molecule has 3 aromatic carbocycles. The maximum atomic E-state index is 12.6. The second-order valence-corrected chi connectivity index (χ2v) is 14.8. The van der Waals surface area contributed by atoms with Crippen LogP contribution in [-0.2, 0) is 23.1 Å². The number of nitrogens with one attached hydrogen (secondary N) is 1. The molecule has 5 aliphatic carbocycles. The van der Waals surface area contributed by atoms with Gasteiger partial charge in [-0.05, 0) is 104 Å². The smallest absolute Gasteiger partial charge is 0.493 e. The number of methoxy groups -OCH3 is 2. The third-order valence-corrected chi connectivity index (χ3v) is 12.8. The van der Waals surface area contributed by atoms with E-state index in [0.717, 1.165) is 67.3 Å². The van der Waals surface area contributed by atoms with Gasteiger partial charge < -0.3 is 24.3 Å². The van der Waals surface area contributed by atoms with Gasteiger partial charge in [-0.2, -0.15) is 0 Å². The fourth-order valence-electron chi connectivity index (χ4n) is 10.8. The van der Waals surface area contributed by atoms with Gasteiger partial charge in [0.1, 0.15) is 17.5 Å². The number of benzene rings is 3. The van der Waals surface area contributed by atoms with Crippen molar-refractivity contribution >= 4 is 5.69 Å². The van der Waals surface area contributed by atoms with E-state index < -0.39 is 12.0 Å². The van der Waals surface area contributed by atoms with Gasteiger partial charge in [0.15, 0.2) is 11.5 Å². The van der Waals surface area contributed by atoms with Crippen molar-refractivity contribution in [1.82, 2.24) is 4.90 Å². The van der Waals surface area contributed by atoms with Crippen LogP contribution >= 0.6 is 0 Å². The summed E-state index contributed by atoms with van der Waals surface area (Å²) in [5, 5.41) is 3.51. The van der Waals surface area contributed by atoms with Crippen LogP contribution in [0, 0.1) is 11.3 Å². The molecule has 0 amide bonds. The van der Waals surface area contributed by atoms with Gasteiger partial charge in [-0.15, -0.1) is 13.2 Å². The first-order valence-electron chi connectivity index (χ1n) is 17.0. The number of anilines is 1. The highest BCUT2D eigenvalue weighted by atomic mass is 19.4. The van der Waals surface area contributed by atoms with Crippen molar-refractivity contribution in [3.05, 3.63) is 82.9 Å². The molecule has 2 aliphatic heterocycles. The second-order valence-electron chi connectivity index (χ2n) is 14.8. The first kappa shape index (κ1) is 29.7. The van der Waals surface area contributed by atoms with Gasteiger partial charge in [-0.25, -0.2) is 0 Å². The number of rotatable bonds is 9. The van der Waals surface area contributed by atoms with Gasteiger partial charge in [-0.1, -0.05) is 30.3 Å². The van der Waals surface area contributed by atoms with Gasteiger partial charge in [0, 0.05) is 54.2 Å². The quantitative estimate of drug-likeness (QED) is 0.259. The van der Waals surface area contributed by atoms with Crippen molar-refractivity contribution in [2.45, 2.75) is 86.9 Å². The van der Waals surface area contributed by atoms with Crippen molar-refractivity contribution in [1.29, 1.82) is 0 Å². The predicted molar refractivity (Wildman–Crippen MR) is 171 cm³/mol. The molecule has 1 N–H and O–H groups in total. The van der Waals surface area contributed by atoms with E-state index in [9.17, 15) is 13.2 Å². The summed E-state index contributed by atoms with van der Waals surface area (Å²) in [6, 6.07) is 19.5. The van der Waals surface area contributed by atoms with Crippen LogP contribution in [0.25, 0.3) is 0 Å². The Bertz CT molecular complexity index is 1710. The van der Waals surface area contributed by atoms with E-state index in [2.05, 4.69) is 51.4 Å². The van der Waals surface area contributed by atoms with Crippen molar-refractivity contribution in [2.75, 3.05) is 32.6 Å². The third-order valence-electron chi connectivity index (χ3n) is 12.8. The van der Waals surface area contributed by atoms with Crippen molar-refractivity contribution < 1.29 is 32.1 Å². The molecule has 3 aromatic rings. The molecule has 6 nitrogen and oxygen atoms in total. The summed E-state index contributed by atoms with van der Waals surface area (Å²) in [6.07, 6.45) is 3.17. The molecule has 1 saturated heterocycles. The molecule has 6 atom stereocenters. The molecule has 2 spiro atoms. The van der Waals surface area contributed by atoms with E-state index in [1.807, 2.05) is 7.11 Å². The molecule has 2 heterocycles. The van der Waals surface area contributed by atoms with Gasteiger partial charge in [0.25, 0.3) is 0 Å². The minimum atomic E-state index is -4.70. The minimum Gasteiger partial charge on any atom is -0.493 e. The van der Waals surface area contributed by atoms with Crippen molar-refractivity contribution in [2.24, 2.45) is 11.3 Å². The Hall–Kier alpha value is -3.43. The average molecular weight is 647 g/mol. The van der Waals surface area contributed by atoms with E-state index in [1.54, 1.807) is 19.2 Å². The highest BCUT2D eigenvalue weighted by Gasteiger charge is 2.80. The average Bonchev–Trinajstić information content (AvgIpc) is 3.81. The predicted octanol–water partition coefficient (Wildman–Crippen LogP) is 7.60. The van der Waals surface area contributed by atoms with Gasteiger partial charge in [0.2, 0.25) is 0 Å². The molecule has 10 rings (SSSR count). The van der Waals surface area contributed by atoms with E-state index in [-0.39, 0.29) is 28.6 Å². The first-order valence-corrected chi connectivity index (χ1v) is 17.0. The van der Waals surface area contributed by atoms with Crippen LogP contribution in [0.15, 0.2) is 60.7 Å². The maximum absolute atomic E-state index is 12.6. The Kier molecular flexibility index (Phi) is 6.50. The maximum Gasteiger partial charge on any atom is 0.573 e. The summed E-state index contributed by atoms with van der Waals surface area (Å²) in [5.41, 5.74) is 5.40. The molecule has 4 saturated carbocycles. The second kappa shape index (κ2) is 10.3. The lowest BCUT2D eigenvalue weighted by atomic mass is 9.34. The summed E-state index contributed by atoms with van der Waals surface area (Å²) >= 11 is 0. The SMILES string of the molecule is COc1ccc2c3c1O[C@H]1[C@@]4(OC)CC[C@@]5(C[C@@H]4c4cccc(NCc6ccc(OC(F)(F)F)cc6)c4)[C@@H](C2)N(CC2CC2)CC[C@]315. The van der Waals surface area contributed by atoms with Gasteiger partial charge in [-0.3, -0.25) is 4.90 Å². The van der Waals surface area contributed by atoms with Crippen LogP contribution in [0.5, 0.6) is 17.2 Å². The molecular weight excluding hydrogens is 605 g/mol. The van der Waals surface area contributed by atoms with E-state index in [1.165, 1.54) is 48.2 Å². The Balaban J connectivity index is 1.07. The van der Waals surface area contributed by atoms with Gasteiger partial charge in [0.05, 0.1) is 7.11 Å². The van der Waals surface area contributed by atoms with Crippen LogP contribution < -0.4 is 19.5 Å². The van der Waals surface area contributed by atoms with E-state index >= 15 is 0 Å². The molecule has 0 radical (unpaired) electrons. The number of likely N-dealkylation sites (tertiary alicyclic amines) is 1. The topological polar surface area (TPSA) is 52.2 Å². The molecule has 9 heteroatoms. The third kappa shape index (κ3) is 4.24. The van der Waals surface area contributed by atoms with Crippen LogP contribution in [0.1, 0.15) is 66.7 Å². The molecule has 47 heavy (non-hydrogen) atoms. The highest BCUT2D eigenvalue weighted by Crippen LogP contribution is 2.78. The minimum absolute atomic E-state index is 0.0734. The fraction of sp³-hybridized carbons (Fsp3) is 0.526. The van der Waals surface area contributed by atoms with Crippen LogP contribution in [0.4, 0.5) is 18.9 Å². The zero-order valence-corrected chi connectivity index (χ0v) is 26.9. The lowest BCUT2D eigenvalue weighted by molar-refractivity contribution is -0.274. The summed E-state index contributed by atoms with van der Waals surface area (Å²) in [7, 11) is 3.62. The van der Waals surface area contributed by atoms with Crippen LogP contribution in [0.2, 0.25) is 0 Å². The molecule has 0 unspecified atom stereocenters. The number of halogens is 3. The Labute approximate surface area is 273 Å². The van der Waals surface area contributed by atoms with Gasteiger partial charge >= 0.3 is 6.36 Å². The zero-order chi connectivity index (χ0) is 32.2. The Morgan fingerprint density at radius 3 is 2.57 bits per heavy atom. The Morgan fingerprint density at radius 2 is 1.83 bits per heavy atom. The standard InChI is InChI=1S/C38H41F3N2O4/c1-44-30-13-10-26-19-31-35-14-15-37(45-2,34-36(35,32(26)33(30)46-34)16-17-43(31)22-24-6-7-24)29(20-35)25-4-3-5-27(18-25)42-21-23-8-11-28(12-9-23)47-38(39,40)41/h3-5,8-13,18,24,29,31,34,42H,6-7,14-17,19-22H2,1-2H3/t29-,31-,34-,35-,36+,37-/m1/s1. The largest absolute Gasteiger partial charge is 0.573 e. The lowest BCUT2D eigenvalue weighted by Gasteiger charge is -2.74. The first-order chi connectivity index (χ1) is 22.7. The van der Waals surface area contributed by atoms with Crippen molar-refractivity contribution in [3.63, 3.8) is 0 Å². The zero-order valence-electron chi connectivity index (χ0n) is 26.9. The summed E-state index contributed by atoms with van der Waals surface area (Å²) in [5.74, 6) is 2.53. The number of ether oxygens (including phenoxy) is 4. The number of fused-ring (bicyclic) bond motifs is 2. The number of piperidine rings is 1. The molecular formula is C38H41F3N2O4. The summed E-state index contributed by atoms with van der Waals surface area (Å²) < 4.78 is 61.8. The highest BCUT2D eigenvalue weighted by molar-refractivity contribution is 5.64.